The van der Waals surface area contributed by atoms with Crippen LogP contribution in [0.4, 0.5) is 5.82 Å². The standard InChI is InChI=1S/C13H10BrN3O/c14-11-5-1-4-10-12(11)16-8-17-13(10)15-7-9-3-2-6-18-9/h1-6,8H,7H2,(H,15,16,17). The average molecular weight is 304 g/mol. The average Bonchev–Trinajstić information content (AvgIpc) is 2.90. The molecule has 18 heavy (non-hydrogen) atoms. The summed E-state index contributed by atoms with van der Waals surface area (Å²) in [7, 11) is 0. The lowest BCUT2D eigenvalue weighted by Crippen LogP contribution is -2.01. The molecule has 0 aliphatic rings. The second-order valence-corrected chi connectivity index (χ2v) is 4.65. The molecule has 1 N–H and O–H groups in total. The van der Waals surface area contributed by atoms with Gasteiger partial charge in [0.2, 0.25) is 0 Å². The predicted octanol–water partition coefficient (Wildman–Crippen LogP) is 3.60. The maximum absolute atomic E-state index is 5.28. The highest BCUT2D eigenvalue weighted by Gasteiger charge is 2.06. The van der Waals surface area contributed by atoms with E-state index in [0.717, 1.165) is 27.0 Å². The fourth-order valence-electron chi connectivity index (χ4n) is 1.78. The van der Waals surface area contributed by atoms with Crippen molar-refractivity contribution in [3.63, 3.8) is 0 Å². The SMILES string of the molecule is Brc1cccc2c(NCc3ccco3)ncnc12. The summed E-state index contributed by atoms with van der Waals surface area (Å²) >= 11 is 3.48. The fourth-order valence-corrected chi connectivity index (χ4v) is 2.24. The summed E-state index contributed by atoms with van der Waals surface area (Å²) in [6, 6.07) is 9.71. The first-order valence-corrected chi connectivity index (χ1v) is 6.29. The number of para-hydroxylation sites is 1. The summed E-state index contributed by atoms with van der Waals surface area (Å²) in [5, 5.41) is 4.24. The summed E-state index contributed by atoms with van der Waals surface area (Å²) in [6.07, 6.45) is 3.21. The topological polar surface area (TPSA) is 51.0 Å². The molecule has 5 heteroatoms. The van der Waals surface area contributed by atoms with Crippen LogP contribution in [0.2, 0.25) is 0 Å². The molecule has 0 spiro atoms. The Kier molecular flexibility index (Phi) is 2.98. The Bertz CT molecular complexity index is 667. The molecule has 1 aromatic carbocycles. The van der Waals surface area contributed by atoms with Crippen LogP contribution < -0.4 is 5.32 Å². The van der Waals surface area contributed by atoms with Gasteiger partial charge in [-0.1, -0.05) is 6.07 Å². The molecule has 0 atom stereocenters. The lowest BCUT2D eigenvalue weighted by atomic mass is 10.2. The molecule has 0 amide bonds. The van der Waals surface area contributed by atoms with Crippen molar-refractivity contribution in [3.05, 3.63) is 53.2 Å². The summed E-state index contributed by atoms with van der Waals surface area (Å²) in [4.78, 5) is 8.53. The second-order valence-electron chi connectivity index (χ2n) is 3.79. The van der Waals surface area contributed by atoms with Crippen LogP contribution in [0.3, 0.4) is 0 Å². The van der Waals surface area contributed by atoms with Crippen LogP contribution in [0.25, 0.3) is 10.9 Å². The number of hydrogen-bond donors (Lipinski definition) is 1. The number of nitrogens with zero attached hydrogens (tertiary/aromatic N) is 2. The smallest absolute Gasteiger partial charge is 0.137 e. The number of rotatable bonds is 3. The molecule has 0 radical (unpaired) electrons. The Hall–Kier alpha value is -1.88. The Balaban J connectivity index is 1.94. The molecule has 3 aromatic rings. The third-order valence-corrected chi connectivity index (χ3v) is 3.27. The predicted molar refractivity (Wildman–Crippen MR) is 73.3 cm³/mol. The van der Waals surface area contributed by atoms with Gasteiger partial charge < -0.3 is 9.73 Å². The zero-order valence-electron chi connectivity index (χ0n) is 9.43. The lowest BCUT2D eigenvalue weighted by molar-refractivity contribution is 0.518. The maximum Gasteiger partial charge on any atom is 0.137 e. The number of nitrogens with one attached hydrogen (secondary N) is 1. The van der Waals surface area contributed by atoms with Gasteiger partial charge in [-0.05, 0) is 40.2 Å². The molecule has 2 heterocycles. The third kappa shape index (κ3) is 2.09. The number of furan rings is 1. The number of fused-ring (bicyclic) bond motifs is 1. The molecule has 0 saturated heterocycles. The van der Waals surface area contributed by atoms with E-state index in [4.69, 9.17) is 4.42 Å². The van der Waals surface area contributed by atoms with Crippen molar-refractivity contribution >= 4 is 32.7 Å². The zero-order valence-corrected chi connectivity index (χ0v) is 11.0. The molecule has 0 saturated carbocycles. The van der Waals surface area contributed by atoms with Gasteiger partial charge >= 0.3 is 0 Å². The van der Waals surface area contributed by atoms with Gasteiger partial charge in [0.1, 0.15) is 17.9 Å². The van der Waals surface area contributed by atoms with E-state index >= 15 is 0 Å². The van der Waals surface area contributed by atoms with Crippen molar-refractivity contribution in [2.45, 2.75) is 6.54 Å². The van der Waals surface area contributed by atoms with Crippen molar-refractivity contribution < 1.29 is 4.42 Å². The lowest BCUT2D eigenvalue weighted by Gasteiger charge is -2.07. The number of anilines is 1. The quantitative estimate of drug-likeness (QED) is 0.803. The molecule has 0 aliphatic carbocycles. The first kappa shape index (κ1) is 11.2. The fraction of sp³-hybridized carbons (Fsp3) is 0.0769. The minimum atomic E-state index is 0.603. The van der Waals surface area contributed by atoms with E-state index in [2.05, 4.69) is 31.2 Å². The van der Waals surface area contributed by atoms with Crippen molar-refractivity contribution in [2.75, 3.05) is 5.32 Å². The van der Waals surface area contributed by atoms with Crippen molar-refractivity contribution in [1.82, 2.24) is 9.97 Å². The summed E-state index contributed by atoms with van der Waals surface area (Å²) in [5.74, 6) is 1.68. The Morgan fingerprint density at radius 3 is 2.94 bits per heavy atom. The minimum Gasteiger partial charge on any atom is -0.467 e. The van der Waals surface area contributed by atoms with Crippen LogP contribution in [0, 0.1) is 0 Å². The van der Waals surface area contributed by atoms with Crippen molar-refractivity contribution in [3.8, 4) is 0 Å². The van der Waals surface area contributed by atoms with Crippen LogP contribution in [-0.4, -0.2) is 9.97 Å². The molecular weight excluding hydrogens is 294 g/mol. The molecule has 3 rings (SSSR count). The maximum atomic E-state index is 5.28. The van der Waals surface area contributed by atoms with E-state index in [1.54, 1.807) is 12.6 Å². The monoisotopic (exact) mass is 303 g/mol. The van der Waals surface area contributed by atoms with Gasteiger partial charge in [-0.15, -0.1) is 0 Å². The molecule has 0 aliphatic heterocycles. The van der Waals surface area contributed by atoms with Gasteiger partial charge in [-0.25, -0.2) is 9.97 Å². The van der Waals surface area contributed by atoms with E-state index in [-0.39, 0.29) is 0 Å². The third-order valence-electron chi connectivity index (χ3n) is 2.63. The molecule has 2 aromatic heterocycles. The van der Waals surface area contributed by atoms with E-state index in [0.29, 0.717) is 6.54 Å². The number of benzene rings is 1. The summed E-state index contributed by atoms with van der Waals surface area (Å²) in [5.41, 5.74) is 0.898. The Labute approximate surface area is 112 Å². The highest BCUT2D eigenvalue weighted by Crippen LogP contribution is 2.25. The molecule has 0 bridgehead atoms. The largest absolute Gasteiger partial charge is 0.467 e. The first-order valence-electron chi connectivity index (χ1n) is 5.50. The molecule has 90 valence electrons. The second kappa shape index (κ2) is 4.78. The van der Waals surface area contributed by atoms with Crippen LogP contribution in [0.1, 0.15) is 5.76 Å². The highest BCUT2D eigenvalue weighted by atomic mass is 79.9. The highest BCUT2D eigenvalue weighted by molar-refractivity contribution is 9.10. The van der Waals surface area contributed by atoms with Gasteiger partial charge in [-0.3, -0.25) is 0 Å². The molecule has 0 fully saturated rings. The minimum absolute atomic E-state index is 0.603. The summed E-state index contributed by atoms with van der Waals surface area (Å²) < 4.78 is 6.24. The Morgan fingerprint density at radius 1 is 1.17 bits per heavy atom. The van der Waals surface area contributed by atoms with Gasteiger partial charge in [-0.2, -0.15) is 0 Å². The number of halogens is 1. The number of hydrogen-bond acceptors (Lipinski definition) is 4. The van der Waals surface area contributed by atoms with Gasteiger partial charge in [0.05, 0.1) is 18.3 Å². The van der Waals surface area contributed by atoms with E-state index in [1.807, 2.05) is 30.3 Å². The zero-order chi connectivity index (χ0) is 12.4. The van der Waals surface area contributed by atoms with Crippen molar-refractivity contribution in [2.24, 2.45) is 0 Å². The van der Waals surface area contributed by atoms with Crippen LogP contribution >= 0.6 is 15.9 Å². The van der Waals surface area contributed by atoms with E-state index < -0.39 is 0 Å². The summed E-state index contributed by atoms with van der Waals surface area (Å²) in [6.45, 7) is 0.603. The molecule has 4 nitrogen and oxygen atoms in total. The van der Waals surface area contributed by atoms with E-state index in [9.17, 15) is 0 Å². The van der Waals surface area contributed by atoms with Crippen LogP contribution in [0.5, 0.6) is 0 Å². The van der Waals surface area contributed by atoms with Gasteiger partial charge in [0.15, 0.2) is 0 Å². The molecular formula is C13H10BrN3O. The van der Waals surface area contributed by atoms with Gasteiger partial charge in [0, 0.05) is 9.86 Å². The van der Waals surface area contributed by atoms with Crippen molar-refractivity contribution in [1.29, 1.82) is 0 Å². The number of aromatic nitrogens is 2. The first-order chi connectivity index (χ1) is 8.84. The molecule has 0 unspecified atom stereocenters. The normalized spacial score (nSPS) is 10.7. The van der Waals surface area contributed by atoms with E-state index in [1.165, 1.54) is 0 Å². The Morgan fingerprint density at radius 2 is 2.11 bits per heavy atom. The van der Waals surface area contributed by atoms with Gasteiger partial charge in [0.25, 0.3) is 0 Å². The van der Waals surface area contributed by atoms with Crippen LogP contribution in [0.15, 0.2) is 51.8 Å². The van der Waals surface area contributed by atoms with Crippen LogP contribution in [-0.2, 0) is 6.54 Å².